The molecule has 46 heavy (non-hydrogen) atoms. The molecule has 230 valence electrons. The van der Waals surface area contributed by atoms with Crippen LogP contribution in [0.1, 0.15) is 31.4 Å². The zero-order chi connectivity index (χ0) is 32.0. The van der Waals surface area contributed by atoms with Crippen LogP contribution in [0.5, 0.6) is 0 Å². The molecule has 0 saturated heterocycles. The van der Waals surface area contributed by atoms with Gasteiger partial charge in [0.15, 0.2) is 12.4 Å². The summed E-state index contributed by atoms with van der Waals surface area (Å²) in [6.45, 7) is 6.61. The van der Waals surface area contributed by atoms with Crippen molar-refractivity contribution in [2.75, 3.05) is 18.0 Å². The Morgan fingerprint density at radius 3 is 1.22 bits per heavy atom. The van der Waals surface area contributed by atoms with Crippen molar-refractivity contribution in [1.82, 2.24) is 0 Å². The lowest BCUT2D eigenvalue weighted by Gasteiger charge is -2.44. The molecule has 0 bridgehead atoms. The van der Waals surface area contributed by atoms with Gasteiger partial charge in [0.05, 0.1) is 0 Å². The Morgan fingerprint density at radius 1 is 0.500 bits per heavy atom. The van der Waals surface area contributed by atoms with Gasteiger partial charge in [-0.25, -0.2) is 4.57 Å². The summed E-state index contributed by atoms with van der Waals surface area (Å²) in [7, 11) is 2.03. The summed E-state index contributed by atoms with van der Waals surface area (Å²) in [5, 5.41) is 0. The maximum Gasteiger partial charge on any atom is 0.169 e. The largest absolute Gasteiger partial charge is 0.372 e. The average molecular weight is 601 g/mol. The summed E-state index contributed by atoms with van der Waals surface area (Å²) in [4.78, 5) is 2.41. The number of anilines is 1. The Hall–Kier alpha value is -5.15. The zero-order valence-corrected chi connectivity index (χ0v) is 27.4. The Morgan fingerprint density at radius 2 is 0.870 bits per heavy atom. The van der Waals surface area contributed by atoms with Crippen LogP contribution in [0.4, 0.5) is 5.69 Å². The van der Waals surface area contributed by atoms with Gasteiger partial charge in [-0.1, -0.05) is 153 Å². The minimum atomic E-state index is -1.22. The van der Waals surface area contributed by atoms with Gasteiger partial charge < -0.3 is 4.90 Å². The third-order valence-corrected chi connectivity index (χ3v) is 8.80. The van der Waals surface area contributed by atoms with Crippen LogP contribution in [0.25, 0.3) is 12.2 Å². The van der Waals surface area contributed by atoms with Gasteiger partial charge in [0, 0.05) is 30.9 Å². The fraction of sp³-hybridized carbons (Fsp3) is 0.140. The smallest absolute Gasteiger partial charge is 0.169 e. The summed E-state index contributed by atoms with van der Waals surface area (Å²) >= 11 is 0. The predicted octanol–water partition coefficient (Wildman–Crippen LogP) is 6.98. The second kappa shape index (κ2) is 16.2. The van der Waals surface area contributed by atoms with Crippen molar-refractivity contribution in [3.05, 3.63) is 181 Å². The summed E-state index contributed by atoms with van der Waals surface area (Å²) in [5.74, 6) is 0. The molecule has 6 aromatic rings. The highest BCUT2D eigenvalue weighted by Gasteiger charge is 2.31. The molecule has 2 nitrogen and oxygen atoms in total. The van der Waals surface area contributed by atoms with E-state index in [1.807, 2.05) is 11.6 Å². The minimum absolute atomic E-state index is 1.06. The topological polar surface area (TPSA) is 7.12 Å². The van der Waals surface area contributed by atoms with E-state index < -0.39 is 6.15 Å². The van der Waals surface area contributed by atoms with Gasteiger partial charge in [0.2, 0.25) is 0 Å². The van der Waals surface area contributed by atoms with Gasteiger partial charge in [0.25, 0.3) is 0 Å². The van der Waals surface area contributed by atoms with Crippen LogP contribution in [0.3, 0.4) is 0 Å². The van der Waals surface area contributed by atoms with Crippen LogP contribution in [0, 0.1) is 0 Å². The molecule has 5 aromatic carbocycles. The summed E-state index contributed by atoms with van der Waals surface area (Å²) in [5.41, 5.74) is 9.12. The highest BCUT2D eigenvalue weighted by Crippen LogP contribution is 2.17. The zero-order valence-electron chi connectivity index (χ0n) is 27.4. The fourth-order valence-electron chi connectivity index (χ4n) is 6.47. The maximum absolute atomic E-state index is 2.41. The molecule has 0 aliphatic carbocycles. The van der Waals surface area contributed by atoms with Crippen molar-refractivity contribution in [2.24, 2.45) is 7.05 Å². The van der Waals surface area contributed by atoms with E-state index in [4.69, 9.17) is 0 Å². The van der Waals surface area contributed by atoms with Crippen LogP contribution in [-0.4, -0.2) is 19.2 Å². The Balaban J connectivity index is 0.000000184. The van der Waals surface area contributed by atoms with E-state index in [1.165, 1.54) is 45.1 Å². The van der Waals surface area contributed by atoms with E-state index in [2.05, 4.69) is 201 Å². The van der Waals surface area contributed by atoms with E-state index in [0.29, 0.717) is 0 Å². The molecule has 6 rings (SSSR count). The van der Waals surface area contributed by atoms with Gasteiger partial charge in [0.1, 0.15) is 13.2 Å². The van der Waals surface area contributed by atoms with E-state index in [1.54, 1.807) is 0 Å². The molecular formula is C43H45BN2. The molecule has 3 heteroatoms. The number of rotatable bonds is 10. The fourth-order valence-corrected chi connectivity index (χ4v) is 6.47. The van der Waals surface area contributed by atoms with Gasteiger partial charge in [-0.05, 0) is 36.6 Å². The maximum atomic E-state index is 2.41. The normalized spacial score (nSPS) is 11.1. The monoisotopic (exact) mass is 600 g/mol. The number of hydrogen-bond acceptors (Lipinski definition) is 1. The molecule has 1 heterocycles. The molecular weight excluding hydrogens is 555 g/mol. The molecule has 0 aliphatic rings. The predicted molar refractivity (Wildman–Crippen MR) is 201 cm³/mol. The van der Waals surface area contributed by atoms with Crippen molar-refractivity contribution >= 4 is 45.8 Å². The average Bonchev–Trinajstić information content (AvgIpc) is 3.13. The lowest BCUT2D eigenvalue weighted by Crippen LogP contribution is -2.74. The molecule has 0 N–H and O–H groups in total. The van der Waals surface area contributed by atoms with Crippen LogP contribution in [0.2, 0.25) is 0 Å². The molecule has 0 unspecified atom stereocenters. The van der Waals surface area contributed by atoms with Gasteiger partial charge in [-0.3, -0.25) is 0 Å². The van der Waals surface area contributed by atoms with Crippen molar-refractivity contribution < 1.29 is 4.57 Å². The van der Waals surface area contributed by atoms with Crippen molar-refractivity contribution in [3.8, 4) is 0 Å². The third kappa shape index (κ3) is 7.73. The second-order valence-electron chi connectivity index (χ2n) is 11.8. The quantitative estimate of drug-likeness (QED) is 0.122. The van der Waals surface area contributed by atoms with Crippen molar-refractivity contribution in [2.45, 2.75) is 20.3 Å². The number of pyridine rings is 1. The number of aromatic nitrogens is 1. The first-order valence-electron chi connectivity index (χ1n) is 16.5. The number of benzene rings is 5. The van der Waals surface area contributed by atoms with Gasteiger partial charge in [-0.15, -0.1) is 0 Å². The van der Waals surface area contributed by atoms with Gasteiger partial charge >= 0.3 is 0 Å². The van der Waals surface area contributed by atoms with Crippen molar-refractivity contribution in [3.63, 3.8) is 0 Å². The molecule has 0 amide bonds. The van der Waals surface area contributed by atoms with E-state index in [-0.39, 0.29) is 0 Å². The summed E-state index contributed by atoms with van der Waals surface area (Å²) < 4.78 is 2.04. The minimum Gasteiger partial charge on any atom is -0.372 e. The number of aryl methyl sites for hydroxylation is 1. The second-order valence-corrected chi connectivity index (χ2v) is 11.8. The summed E-state index contributed by atoms with van der Waals surface area (Å²) in [6, 6.07) is 56.6. The third-order valence-electron chi connectivity index (χ3n) is 8.80. The standard InChI is InChI=1S/C24H20B.C19H25N2/c1-5-13-21(14-6-1)25(22-15-7-2-8-16-22,23-17-9-3-10-18-23)24-19-11-4-12-20-24;1-4-14-21(5-2)19-10-8-17(9-11-19)6-7-18-12-15-20(3)16-13-18/h1-20H;6-13,15-16H,4-5,14H2,1-3H3/q-1;+1. The molecule has 0 spiro atoms. The number of hydrogen-bond donors (Lipinski definition) is 0. The van der Waals surface area contributed by atoms with E-state index >= 15 is 0 Å². The van der Waals surface area contributed by atoms with Crippen LogP contribution in [0.15, 0.2) is 170 Å². The highest BCUT2D eigenvalue weighted by molar-refractivity contribution is 7.19. The summed E-state index contributed by atoms with van der Waals surface area (Å²) in [6.07, 6.45) is 8.40. The molecule has 0 atom stereocenters. The van der Waals surface area contributed by atoms with Crippen LogP contribution in [-0.2, 0) is 7.05 Å². The molecule has 0 saturated carbocycles. The molecule has 0 aliphatic heterocycles. The van der Waals surface area contributed by atoms with Crippen LogP contribution >= 0.6 is 0 Å². The lowest BCUT2D eigenvalue weighted by atomic mass is 9.13. The SMILES string of the molecule is CCCN(CC)c1ccc(/C=C/c2cc[n+](C)cc2)cc1.c1ccc([B-](c2ccccc2)(c2ccccc2)c2ccccc2)cc1. The lowest BCUT2D eigenvalue weighted by molar-refractivity contribution is -0.671. The molecule has 1 aromatic heterocycles. The Kier molecular flexibility index (Phi) is 11.4. The molecule has 0 radical (unpaired) electrons. The highest BCUT2D eigenvalue weighted by atomic mass is 15.1. The first-order valence-corrected chi connectivity index (χ1v) is 16.5. The van der Waals surface area contributed by atoms with E-state index in [9.17, 15) is 0 Å². The number of nitrogens with zero attached hydrogens (tertiary/aromatic N) is 2. The Bertz CT molecular complexity index is 1590. The Labute approximate surface area is 276 Å². The first-order chi connectivity index (χ1) is 22.6. The molecule has 0 fully saturated rings. The van der Waals surface area contributed by atoms with Crippen molar-refractivity contribution in [1.29, 1.82) is 0 Å². The van der Waals surface area contributed by atoms with Crippen LogP contribution < -0.4 is 31.3 Å². The first kappa shape index (κ1) is 32.3. The van der Waals surface area contributed by atoms with E-state index in [0.717, 1.165) is 13.1 Å². The van der Waals surface area contributed by atoms with Gasteiger partial charge in [-0.2, -0.15) is 21.9 Å².